The lowest BCUT2D eigenvalue weighted by Gasteiger charge is -2.13. The highest BCUT2D eigenvalue weighted by molar-refractivity contribution is 7.80. The van der Waals surface area contributed by atoms with Crippen molar-refractivity contribution in [2.24, 2.45) is 0 Å². The van der Waals surface area contributed by atoms with Crippen molar-refractivity contribution in [2.75, 3.05) is 18.5 Å². The third-order valence-corrected chi connectivity index (χ3v) is 3.78. The van der Waals surface area contributed by atoms with Crippen molar-refractivity contribution in [3.8, 4) is 5.75 Å². The van der Waals surface area contributed by atoms with Crippen LogP contribution in [0.1, 0.15) is 41.0 Å². The molecule has 2 amide bonds. The van der Waals surface area contributed by atoms with Crippen molar-refractivity contribution in [1.82, 2.24) is 10.6 Å². The van der Waals surface area contributed by atoms with E-state index in [-0.39, 0.29) is 16.9 Å². The summed E-state index contributed by atoms with van der Waals surface area (Å²) in [6.07, 6.45) is 0.917. The summed E-state index contributed by atoms with van der Waals surface area (Å²) >= 11 is 5.21. The number of hydrogen-bond acceptors (Lipinski definition) is 4. The molecule has 3 N–H and O–H groups in total. The molecule has 0 aliphatic rings. The number of nitrogens with one attached hydrogen (secondary N) is 3. The van der Waals surface area contributed by atoms with Gasteiger partial charge in [-0.3, -0.25) is 14.9 Å². The van der Waals surface area contributed by atoms with E-state index in [4.69, 9.17) is 17.0 Å². The Morgan fingerprint density at radius 2 is 1.70 bits per heavy atom. The second-order valence-electron chi connectivity index (χ2n) is 5.69. The lowest BCUT2D eigenvalue weighted by atomic mass is 10.1. The van der Waals surface area contributed by atoms with E-state index in [1.54, 1.807) is 48.5 Å². The largest absolute Gasteiger partial charge is 0.494 e. The van der Waals surface area contributed by atoms with Crippen LogP contribution in [0.25, 0.3) is 0 Å². The fraction of sp³-hybridized carbons (Fsp3) is 0.250. The molecule has 2 rings (SSSR count). The second-order valence-corrected chi connectivity index (χ2v) is 6.09. The van der Waals surface area contributed by atoms with Gasteiger partial charge in [-0.2, -0.15) is 0 Å². The number of benzene rings is 2. The Morgan fingerprint density at radius 1 is 1.00 bits per heavy atom. The lowest BCUT2D eigenvalue weighted by Crippen LogP contribution is -2.35. The Morgan fingerprint density at radius 3 is 2.37 bits per heavy atom. The van der Waals surface area contributed by atoms with Crippen LogP contribution in [-0.2, 0) is 0 Å². The van der Waals surface area contributed by atoms with Crippen LogP contribution >= 0.6 is 12.2 Å². The van der Waals surface area contributed by atoms with Crippen LogP contribution in [0.3, 0.4) is 0 Å². The first-order valence-electron chi connectivity index (χ1n) is 8.77. The maximum atomic E-state index is 12.3. The van der Waals surface area contributed by atoms with Gasteiger partial charge in [0, 0.05) is 12.1 Å². The van der Waals surface area contributed by atoms with Gasteiger partial charge in [0.25, 0.3) is 11.8 Å². The number of thiocarbonyl (C=S) groups is 1. The summed E-state index contributed by atoms with van der Waals surface area (Å²) in [7, 11) is 0. The van der Waals surface area contributed by atoms with Gasteiger partial charge in [-0.15, -0.1) is 0 Å². The molecule has 0 radical (unpaired) electrons. The molecule has 0 aromatic heterocycles. The fourth-order valence-electron chi connectivity index (χ4n) is 2.30. The predicted molar refractivity (Wildman–Crippen MR) is 110 cm³/mol. The molecule has 27 heavy (non-hydrogen) atoms. The third-order valence-electron chi connectivity index (χ3n) is 3.57. The number of carbonyl (C=O) groups is 2. The predicted octanol–water partition coefficient (Wildman–Crippen LogP) is 3.35. The van der Waals surface area contributed by atoms with Crippen LogP contribution in [0.2, 0.25) is 0 Å². The number of rotatable bonds is 7. The zero-order valence-corrected chi connectivity index (χ0v) is 16.2. The first-order chi connectivity index (χ1) is 13.0. The van der Waals surface area contributed by atoms with Crippen molar-refractivity contribution in [3.63, 3.8) is 0 Å². The molecule has 0 fully saturated rings. The van der Waals surface area contributed by atoms with Crippen LogP contribution in [0.15, 0.2) is 48.5 Å². The molecule has 0 spiro atoms. The number of para-hydroxylation sites is 1. The SMILES string of the molecule is CCCOc1ccc(C(=O)NC(=S)Nc2ccccc2C(=O)NCC)cc1. The summed E-state index contributed by atoms with van der Waals surface area (Å²) in [6.45, 7) is 5.02. The van der Waals surface area contributed by atoms with E-state index < -0.39 is 0 Å². The minimum absolute atomic E-state index is 0.114. The van der Waals surface area contributed by atoms with E-state index in [1.165, 1.54) is 0 Å². The Bertz CT molecular complexity index is 806. The Balaban J connectivity index is 1.99. The molecule has 2 aromatic rings. The lowest BCUT2D eigenvalue weighted by molar-refractivity contribution is 0.0954. The summed E-state index contributed by atoms with van der Waals surface area (Å²) in [6, 6.07) is 13.8. The summed E-state index contributed by atoms with van der Waals surface area (Å²) in [5.74, 6) is 0.160. The molecule has 7 heteroatoms. The standard InChI is InChI=1S/C20H23N3O3S/c1-3-13-26-15-11-9-14(10-12-15)18(24)23-20(27)22-17-8-6-5-7-16(17)19(25)21-4-2/h5-12H,3-4,13H2,1-2H3,(H,21,25)(H2,22,23,24,27). The van der Waals surface area contributed by atoms with Crippen molar-refractivity contribution in [3.05, 3.63) is 59.7 Å². The Labute approximate surface area is 164 Å². The molecule has 0 unspecified atom stereocenters. The Kier molecular flexibility index (Phi) is 7.76. The third kappa shape index (κ3) is 6.07. The summed E-state index contributed by atoms with van der Waals surface area (Å²) in [4.78, 5) is 24.4. The van der Waals surface area contributed by atoms with Gasteiger partial charge in [0.1, 0.15) is 5.75 Å². The molecule has 2 aromatic carbocycles. The van der Waals surface area contributed by atoms with Gasteiger partial charge < -0.3 is 15.4 Å². The molecule has 142 valence electrons. The van der Waals surface area contributed by atoms with Crippen molar-refractivity contribution in [2.45, 2.75) is 20.3 Å². The molecule has 0 saturated carbocycles. The summed E-state index contributed by atoms with van der Waals surface area (Å²) in [5, 5.41) is 8.37. The van der Waals surface area contributed by atoms with Gasteiger partial charge >= 0.3 is 0 Å². The average Bonchev–Trinajstić information content (AvgIpc) is 2.67. The number of ether oxygens (including phenoxy) is 1. The highest BCUT2D eigenvalue weighted by atomic mass is 32.1. The van der Waals surface area contributed by atoms with Gasteiger partial charge in [0.15, 0.2) is 5.11 Å². The van der Waals surface area contributed by atoms with Crippen LogP contribution in [0.5, 0.6) is 5.75 Å². The van der Waals surface area contributed by atoms with Crippen molar-refractivity contribution in [1.29, 1.82) is 0 Å². The smallest absolute Gasteiger partial charge is 0.257 e. The molecule has 0 saturated heterocycles. The van der Waals surface area contributed by atoms with Gasteiger partial charge in [-0.1, -0.05) is 19.1 Å². The van der Waals surface area contributed by atoms with Crippen molar-refractivity contribution < 1.29 is 14.3 Å². The van der Waals surface area contributed by atoms with Gasteiger partial charge in [-0.05, 0) is 62.0 Å². The highest BCUT2D eigenvalue weighted by Crippen LogP contribution is 2.15. The Hall–Kier alpha value is -2.93. The van der Waals surface area contributed by atoms with Gasteiger partial charge in [0.05, 0.1) is 17.9 Å². The minimum atomic E-state index is -0.343. The molecule has 0 heterocycles. The quantitative estimate of drug-likeness (QED) is 0.637. The van der Waals surface area contributed by atoms with Crippen LogP contribution in [0, 0.1) is 0 Å². The van der Waals surface area contributed by atoms with Gasteiger partial charge in [0.2, 0.25) is 0 Å². The highest BCUT2D eigenvalue weighted by Gasteiger charge is 2.13. The fourth-order valence-corrected chi connectivity index (χ4v) is 2.50. The number of carbonyl (C=O) groups excluding carboxylic acids is 2. The normalized spacial score (nSPS) is 10.0. The van der Waals surface area contributed by atoms with E-state index in [2.05, 4.69) is 16.0 Å². The summed E-state index contributed by atoms with van der Waals surface area (Å²) < 4.78 is 5.50. The van der Waals surface area contributed by atoms with Crippen LogP contribution in [0.4, 0.5) is 5.69 Å². The topological polar surface area (TPSA) is 79.5 Å². The monoisotopic (exact) mass is 385 g/mol. The molecular formula is C20H23N3O3S. The number of anilines is 1. The second kappa shape index (κ2) is 10.3. The first kappa shape index (κ1) is 20.4. The summed E-state index contributed by atoms with van der Waals surface area (Å²) in [5.41, 5.74) is 1.44. The van der Waals surface area contributed by atoms with E-state index in [9.17, 15) is 9.59 Å². The molecule has 0 bridgehead atoms. The molecule has 0 atom stereocenters. The van der Waals surface area contributed by atoms with E-state index in [1.807, 2.05) is 13.8 Å². The maximum Gasteiger partial charge on any atom is 0.257 e. The van der Waals surface area contributed by atoms with E-state index in [0.717, 1.165) is 6.42 Å². The molecule has 0 aliphatic heterocycles. The molecule has 6 nitrogen and oxygen atoms in total. The zero-order valence-electron chi connectivity index (χ0n) is 15.4. The zero-order chi connectivity index (χ0) is 19.6. The average molecular weight is 385 g/mol. The molecule has 0 aliphatic carbocycles. The van der Waals surface area contributed by atoms with Crippen molar-refractivity contribution >= 4 is 34.8 Å². The number of hydrogen-bond donors (Lipinski definition) is 3. The molecular weight excluding hydrogens is 362 g/mol. The van der Waals surface area contributed by atoms with Gasteiger partial charge in [-0.25, -0.2) is 0 Å². The van der Waals surface area contributed by atoms with Crippen LogP contribution in [-0.4, -0.2) is 30.1 Å². The van der Waals surface area contributed by atoms with E-state index >= 15 is 0 Å². The first-order valence-corrected chi connectivity index (χ1v) is 9.18. The van der Waals surface area contributed by atoms with Crippen LogP contribution < -0.4 is 20.7 Å². The maximum absolute atomic E-state index is 12.3. The minimum Gasteiger partial charge on any atom is -0.494 e. The number of amides is 2. The van der Waals surface area contributed by atoms with E-state index in [0.29, 0.717) is 35.7 Å².